The summed E-state index contributed by atoms with van der Waals surface area (Å²) in [7, 11) is -1.16. The Morgan fingerprint density at radius 1 is 1.20 bits per heavy atom. The van der Waals surface area contributed by atoms with E-state index in [1.807, 2.05) is 32.6 Å². The van der Waals surface area contributed by atoms with Crippen LogP contribution in [0.2, 0.25) is 25.7 Å². The zero-order valence-electron chi connectivity index (χ0n) is 23.5. The van der Waals surface area contributed by atoms with Gasteiger partial charge in [-0.2, -0.15) is 15.6 Å². The molecule has 4 aromatic heterocycles. The fourth-order valence-corrected chi connectivity index (χ4v) is 5.90. The maximum atomic E-state index is 9.66. The van der Waals surface area contributed by atoms with E-state index in [1.54, 1.807) is 12.5 Å². The number of fused-ring (bicyclic) bond motifs is 1. The van der Waals surface area contributed by atoms with Crippen LogP contribution in [0.4, 0.5) is 5.82 Å². The van der Waals surface area contributed by atoms with Crippen LogP contribution >= 0.6 is 0 Å². The van der Waals surface area contributed by atoms with Crippen LogP contribution < -0.4 is 4.90 Å². The summed E-state index contributed by atoms with van der Waals surface area (Å²) < 4.78 is 9.81. The lowest BCUT2D eigenvalue weighted by Crippen LogP contribution is -2.26. The maximum Gasteiger partial charge on any atom is 0.184 e. The van der Waals surface area contributed by atoms with Crippen molar-refractivity contribution in [2.24, 2.45) is 5.92 Å². The van der Waals surface area contributed by atoms with Gasteiger partial charge in [0.05, 0.1) is 36.6 Å². The van der Waals surface area contributed by atoms with Crippen molar-refractivity contribution in [2.45, 2.75) is 51.3 Å². The number of hydrogen-bond donors (Lipinski definition) is 0. The molecule has 0 saturated carbocycles. The van der Waals surface area contributed by atoms with Crippen molar-refractivity contribution < 1.29 is 4.74 Å². The molecule has 5 heterocycles. The Hall–Kier alpha value is -4.57. The van der Waals surface area contributed by atoms with E-state index in [4.69, 9.17) is 11.2 Å². The lowest BCUT2D eigenvalue weighted by molar-refractivity contribution is 0.0899. The van der Waals surface area contributed by atoms with Crippen LogP contribution in [0.5, 0.6) is 0 Å². The van der Waals surface area contributed by atoms with E-state index in [0.717, 1.165) is 41.4 Å². The SMILES string of the molecule is C#Cc1cnc(N2CCC([C@H](CC#N)n3cc(-c4ncnc5c4ccn5COCC[Si](C)(C)C)cn3)C2)c(C#N)n1. The highest BCUT2D eigenvalue weighted by atomic mass is 28.3. The molecular weight excluding hydrogens is 532 g/mol. The number of ether oxygens (including phenoxy) is 1. The van der Waals surface area contributed by atoms with Crippen molar-refractivity contribution in [3.8, 4) is 35.7 Å². The lowest BCUT2D eigenvalue weighted by atomic mass is 9.96. The topological polar surface area (TPSA) is 134 Å². The molecule has 0 amide bonds. The summed E-state index contributed by atoms with van der Waals surface area (Å²) in [5, 5.41) is 24.8. The molecule has 0 aromatic carbocycles. The van der Waals surface area contributed by atoms with E-state index in [1.165, 1.54) is 6.20 Å². The van der Waals surface area contributed by atoms with Crippen LogP contribution in [0.15, 0.2) is 37.2 Å². The van der Waals surface area contributed by atoms with Gasteiger partial charge < -0.3 is 14.2 Å². The fraction of sp³-hybridized carbons (Fsp3) is 0.414. The lowest BCUT2D eigenvalue weighted by Gasteiger charge is -2.23. The third-order valence-electron chi connectivity index (χ3n) is 7.37. The smallest absolute Gasteiger partial charge is 0.184 e. The van der Waals surface area contributed by atoms with Crippen LogP contribution in [-0.2, 0) is 11.5 Å². The third kappa shape index (κ3) is 6.12. The molecule has 11 nitrogen and oxygen atoms in total. The van der Waals surface area contributed by atoms with Crippen LogP contribution in [0.25, 0.3) is 22.3 Å². The predicted octanol–water partition coefficient (Wildman–Crippen LogP) is 4.23. The molecule has 1 unspecified atom stereocenters. The minimum absolute atomic E-state index is 0.128. The summed E-state index contributed by atoms with van der Waals surface area (Å²) >= 11 is 0. The van der Waals surface area contributed by atoms with Crippen LogP contribution in [0.3, 0.4) is 0 Å². The highest BCUT2D eigenvalue weighted by molar-refractivity contribution is 6.76. The first-order chi connectivity index (χ1) is 19.8. The van der Waals surface area contributed by atoms with Crippen molar-refractivity contribution >= 4 is 24.9 Å². The molecule has 1 fully saturated rings. The second-order valence-electron chi connectivity index (χ2n) is 11.4. The number of nitrogens with zero attached hydrogens (tertiary/aromatic N) is 10. The average Bonchev–Trinajstić information content (AvgIpc) is 3.73. The van der Waals surface area contributed by atoms with Crippen LogP contribution in [0, 0.1) is 40.9 Å². The molecule has 1 aliphatic rings. The molecule has 12 heteroatoms. The molecule has 0 spiro atoms. The van der Waals surface area contributed by atoms with Gasteiger partial charge in [0, 0.05) is 57.0 Å². The van der Waals surface area contributed by atoms with Crippen LogP contribution in [-0.4, -0.2) is 62.1 Å². The molecule has 0 N–H and O–H groups in total. The van der Waals surface area contributed by atoms with Gasteiger partial charge in [0.2, 0.25) is 0 Å². The minimum atomic E-state index is -1.16. The van der Waals surface area contributed by atoms with Gasteiger partial charge in [-0.15, -0.1) is 6.42 Å². The molecule has 0 aliphatic carbocycles. The van der Waals surface area contributed by atoms with Gasteiger partial charge in [-0.3, -0.25) is 4.68 Å². The van der Waals surface area contributed by atoms with E-state index in [0.29, 0.717) is 37.8 Å². The Labute approximate surface area is 240 Å². The van der Waals surface area contributed by atoms with E-state index in [-0.39, 0.29) is 17.7 Å². The number of hydrogen-bond acceptors (Lipinski definition) is 9. The van der Waals surface area contributed by atoms with Crippen molar-refractivity contribution in [3.05, 3.63) is 48.6 Å². The Bertz CT molecular complexity index is 1670. The number of rotatable bonds is 10. The summed E-state index contributed by atoms with van der Waals surface area (Å²) in [6, 6.07) is 7.40. The van der Waals surface area contributed by atoms with Gasteiger partial charge in [0.1, 0.15) is 30.5 Å². The molecule has 1 saturated heterocycles. The first-order valence-electron chi connectivity index (χ1n) is 13.6. The van der Waals surface area contributed by atoms with Crippen molar-refractivity contribution in [1.29, 1.82) is 10.5 Å². The zero-order valence-corrected chi connectivity index (χ0v) is 24.5. The summed E-state index contributed by atoms with van der Waals surface area (Å²) in [6.07, 6.45) is 15.3. The van der Waals surface area contributed by atoms with Gasteiger partial charge in [0.25, 0.3) is 0 Å². The Kier molecular flexibility index (Phi) is 8.11. The number of anilines is 1. The predicted molar refractivity (Wildman–Crippen MR) is 157 cm³/mol. The van der Waals surface area contributed by atoms with Crippen molar-refractivity contribution in [3.63, 3.8) is 0 Å². The van der Waals surface area contributed by atoms with Gasteiger partial charge >= 0.3 is 0 Å². The second kappa shape index (κ2) is 11.9. The maximum absolute atomic E-state index is 9.66. The molecule has 0 radical (unpaired) electrons. The van der Waals surface area contributed by atoms with E-state index < -0.39 is 8.07 Å². The first-order valence-corrected chi connectivity index (χ1v) is 17.3. The van der Waals surface area contributed by atoms with Crippen molar-refractivity contribution in [2.75, 3.05) is 24.6 Å². The standard InChI is InChI=1S/C29H32N10OSi/c1-5-23-16-32-29(25(14-31)36-23)37-10-7-21(17-37)26(6-9-30)39-18-22(15-35-39)27-24-8-11-38(28(24)34-19-33-27)20-40-12-13-41(2,3)4/h1,8,11,15-16,18-19,21,26H,6-7,10,12-13,17,20H2,2-4H3/t21?,26-/m0/s1. The van der Waals surface area contributed by atoms with Gasteiger partial charge in [-0.05, 0) is 24.5 Å². The van der Waals surface area contributed by atoms with Crippen LogP contribution in [0.1, 0.15) is 30.3 Å². The quantitative estimate of drug-likeness (QED) is 0.157. The summed E-state index contributed by atoms with van der Waals surface area (Å²) in [5.74, 6) is 3.07. The summed E-state index contributed by atoms with van der Waals surface area (Å²) in [4.78, 5) is 19.8. The molecule has 208 valence electrons. The largest absolute Gasteiger partial charge is 0.361 e. The fourth-order valence-electron chi connectivity index (χ4n) is 5.14. The molecular formula is C29H32N10OSi. The second-order valence-corrected chi connectivity index (χ2v) is 17.0. The van der Waals surface area contributed by atoms with E-state index in [2.05, 4.69) is 62.7 Å². The Morgan fingerprint density at radius 3 is 2.80 bits per heavy atom. The molecule has 41 heavy (non-hydrogen) atoms. The van der Waals surface area contributed by atoms with Crippen molar-refractivity contribution in [1.82, 2.24) is 34.3 Å². The van der Waals surface area contributed by atoms with Gasteiger partial charge in [-0.25, -0.2) is 19.9 Å². The average molecular weight is 565 g/mol. The highest BCUT2D eigenvalue weighted by Crippen LogP contribution is 2.34. The zero-order chi connectivity index (χ0) is 29.0. The van der Waals surface area contributed by atoms with E-state index in [9.17, 15) is 10.5 Å². The summed E-state index contributed by atoms with van der Waals surface area (Å²) in [5.41, 5.74) is 2.99. The monoisotopic (exact) mass is 564 g/mol. The van der Waals surface area contributed by atoms with Gasteiger partial charge in [0.15, 0.2) is 11.5 Å². The van der Waals surface area contributed by atoms with E-state index >= 15 is 0 Å². The molecule has 1 aliphatic heterocycles. The Balaban J connectivity index is 1.34. The first kappa shape index (κ1) is 28.0. The minimum Gasteiger partial charge on any atom is -0.361 e. The highest BCUT2D eigenvalue weighted by Gasteiger charge is 2.33. The van der Waals surface area contributed by atoms with Gasteiger partial charge in [-0.1, -0.05) is 19.6 Å². The molecule has 4 aromatic rings. The number of aromatic nitrogens is 7. The summed E-state index contributed by atoms with van der Waals surface area (Å²) in [6.45, 7) is 9.50. The Morgan fingerprint density at radius 2 is 2.05 bits per heavy atom. The molecule has 2 atom stereocenters. The molecule has 5 rings (SSSR count). The number of terminal acetylenes is 1. The third-order valence-corrected chi connectivity index (χ3v) is 9.08. The molecule has 0 bridgehead atoms. The number of nitriles is 2. The normalized spacial score (nSPS) is 15.9.